The number of hydrogen-bond acceptors (Lipinski definition) is 3. The normalized spacial score (nSPS) is 9.89. The number of halogens is 1. The number of hydrogen-bond donors (Lipinski definition) is 2. The SMILES string of the molecule is COCCNC(=O)CNC(=O)c1cccc(F)c1. The topological polar surface area (TPSA) is 67.4 Å². The van der Waals surface area contributed by atoms with Crippen molar-refractivity contribution in [3.8, 4) is 0 Å². The molecule has 0 aliphatic carbocycles. The van der Waals surface area contributed by atoms with Crippen molar-refractivity contribution >= 4 is 11.8 Å². The van der Waals surface area contributed by atoms with E-state index >= 15 is 0 Å². The highest BCUT2D eigenvalue weighted by Gasteiger charge is 2.08. The molecule has 0 spiro atoms. The standard InChI is InChI=1S/C12H15FN2O3/c1-18-6-5-14-11(16)8-15-12(17)9-3-2-4-10(13)7-9/h2-4,7H,5-6,8H2,1H3,(H,14,16)(H,15,17). The molecule has 6 heteroatoms. The van der Waals surface area contributed by atoms with Crippen LogP contribution in [0.1, 0.15) is 10.4 Å². The van der Waals surface area contributed by atoms with Gasteiger partial charge in [-0.3, -0.25) is 9.59 Å². The second-order valence-electron chi connectivity index (χ2n) is 3.54. The van der Waals surface area contributed by atoms with E-state index < -0.39 is 11.7 Å². The van der Waals surface area contributed by atoms with Crippen LogP contribution in [-0.2, 0) is 9.53 Å². The van der Waals surface area contributed by atoms with Crippen LogP contribution < -0.4 is 10.6 Å². The quantitative estimate of drug-likeness (QED) is 0.718. The molecule has 98 valence electrons. The Hall–Kier alpha value is -1.95. The second kappa shape index (κ2) is 7.39. The number of amides is 2. The minimum Gasteiger partial charge on any atom is -0.383 e. The molecule has 0 saturated carbocycles. The number of methoxy groups -OCH3 is 1. The van der Waals surface area contributed by atoms with Crippen molar-refractivity contribution in [2.45, 2.75) is 0 Å². The zero-order valence-corrected chi connectivity index (χ0v) is 10.0. The molecule has 0 unspecified atom stereocenters. The van der Waals surface area contributed by atoms with Gasteiger partial charge in [0.15, 0.2) is 0 Å². The fourth-order valence-corrected chi connectivity index (χ4v) is 1.25. The summed E-state index contributed by atoms with van der Waals surface area (Å²) in [5.41, 5.74) is 0.180. The van der Waals surface area contributed by atoms with Gasteiger partial charge in [-0.25, -0.2) is 4.39 Å². The van der Waals surface area contributed by atoms with Gasteiger partial charge in [-0.05, 0) is 18.2 Å². The summed E-state index contributed by atoms with van der Waals surface area (Å²) < 4.78 is 17.6. The zero-order chi connectivity index (χ0) is 13.4. The van der Waals surface area contributed by atoms with E-state index in [4.69, 9.17) is 4.74 Å². The first kappa shape index (κ1) is 14.1. The first-order valence-electron chi connectivity index (χ1n) is 5.43. The molecule has 2 N–H and O–H groups in total. The van der Waals surface area contributed by atoms with Crippen LogP contribution in [0.5, 0.6) is 0 Å². The number of ether oxygens (including phenoxy) is 1. The first-order chi connectivity index (χ1) is 8.63. The zero-order valence-electron chi connectivity index (χ0n) is 10.0. The summed E-state index contributed by atoms with van der Waals surface area (Å²) in [5, 5.41) is 4.94. The predicted molar refractivity (Wildman–Crippen MR) is 63.6 cm³/mol. The summed E-state index contributed by atoms with van der Waals surface area (Å²) in [4.78, 5) is 22.8. The van der Waals surface area contributed by atoms with Crippen LogP contribution in [0, 0.1) is 5.82 Å². The van der Waals surface area contributed by atoms with Crippen LogP contribution in [0.15, 0.2) is 24.3 Å². The predicted octanol–water partition coefficient (Wildman–Crippen LogP) is 0.318. The number of carbonyl (C=O) groups excluding carboxylic acids is 2. The smallest absolute Gasteiger partial charge is 0.251 e. The molecule has 1 aromatic carbocycles. The average Bonchev–Trinajstić information content (AvgIpc) is 2.36. The number of rotatable bonds is 6. The largest absolute Gasteiger partial charge is 0.383 e. The van der Waals surface area contributed by atoms with Crippen molar-refractivity contribution in [3.05, 3.63) is 35.6 Å². The third kappa shape index (κ3) is 4.92. The molecule has 1 aromatic rings. The Morgan fingerprint density at radius 2 is 2.11 bits per heavy atom. The molecule has 0 aliphatic heterocycles. The molecule has 0 saturated heterocycles. The highest BCUT2D eigenvalue weighted by Crippen LogP contribution is 2.02. The van der Waals surface area contributed by atoms with Crippen LogP contribution in [0.3, 0.4) is 0 Å². The summed E-state index contributed by atoms with van der Waals surface area (Å²) in [6.45, 7) is 0.633. The van der Waals surface area contributed by atoms with E-state index in [0.29, 0.717) is 13.2 Å². The molecule has 5 nitrogen and oxygen atoms in total. The Morgan fingerprint density at radius 1 is 1.33 bits per heavy atom. The lowest BCUT2D eigenvalue weighted by molar-refractivity contribution is -0.120. The lowest BCUT2D eigenvalue weighted by atomic mass is 10.2. The van der Waals surface area contributed by atoms with Gasteiger partial charge in [-0.2, -0.15) is 0 Å². The summed E-state index contributed by atoms with van der Waals surface area (Å²) in [7, 11) is 1.53. The van der Waals surface area contributed by atoms with E-state index in [2.05, 4.69) is 10.6 Å². The summed E-state index contributed by atoms with van der Waals surface area (Å²) in [6, 6.07) is 5.26. The van der Waals surface area contributed by atoms with E-state index in [1.165, 1.54) is 25.3 Å². The van der Waals surface area contributed by atoms with E-state index in [1.807, 2.05) is 0 Å². The molecule has 0 heterocycles. The molecule has 18 heavy (non-hydrogen) atoms. The second-order valence-corrected chi connectivity index (χ2v) is 3.54. The van der Waals surface area contributed by atoms with Crippen molar-refractivity contribution in [1.82, 2.24) is 10.6 Å². The van der Waals surface area contributed by atoms with Crippen molar-refractivity contribution in [2.24, 2.45) is 0 Å². The summed E-state index contributed by atoms with van der Waals surface area (Å²) in [5.74, 6) is -1.31. The summed E-state index contributed by atoms with van der Waals surface area (Å²) >= 11 is 0. The van der Waals surface area contributed by atoms with Gasteiger partial charge >= 0.3 is 0 Å². The van der Waals surface area contributed by atoms with Gasteiger partial charge in [0.2, 0.25) is 5.91 Å². The van der Waals surface area contributed by atoms with Gasteiger partial charge in [0, 0.05) is 19.2 Å². The molecule has 2 amide bonds. The molecule has 0 atom stereocenters. The number of carbonyl (C=O) groups is 2. The Labute approximate surface area is 104 Å². The Bertz CT molecular complexity index is 424. The van der Waals surface area contributed by atoms with Gasteiger partial charge in [0.05, 0.1) is 13.2 Å². The maximum absolute atomic E-state index is 12.9. The fraction of sp³-hybridized carbons (Fsp3) is 0.333. The molecular weight excluding hydrogens is 239 g/mol. The molecule has 1 rings (SSSR count). The fourth-order valence-electron chi connectivity index (χ4n) is 1.25. The third-order valence-electron chi connectivity index (χ3n) is 2.12. The number of nitrogens with one attached hydrogen (secondary N) is 2. The van der Waals surface area contributed by atoms with Crippen LogP contribution in [0.2, 0.25) is 0 Å². The molecular formula is C12H15FN2O3. The van der Waals surface area contributed by atoms with Crippen molar-refractivity contribution in [3.63, 3.8) is 0 Å². The van der Waals surface area contributed by atoms with Crippen molar-refractivity contribution in [1.29, 1.82) is 0 Å². The van der Waals surface area contributed by atoms with Gasteiger partial charge in [-0.15, -0.1) is 0 Å². The highest BCUT2D eigenvalue weighted by atomic mass is 19.1. The minimum absolute atomic E-state index is 0.154. The Balaban J connectivity index is 2.35. The monoisotopic (exact) mass is 254 g/mol. The molecule has 0 fully saturated rings. The Morgan fingerprint density at radius 3 is 2.78 bits per heavy atom. The summed E-state index contributed by atoms with van der Waals surface area (Å²) in [6.07, 6.45) is 0. The maximum Gasteiger partial charge on any atom is 0.251 e. The van der Waals surface area contributed by atoms with Gasteiger partial charge in [0.1, 0.15) is 5.82 Å². The molecule has 0 aromatic heterocycles. The van der Waals surface area contributed by atoms with E-state index in [0.717, 1.165) is 6.07 Å². The molecule has 0 bridgehead atoms. The van der Waals surface area contributed by atoms with Gasteiger partial charge in [-0.1, -0.05) is 6.07 Å². The van der Waals surface area contributed by atoms with E-state index in [1.54, 1.807) is 0 Å². The number of benzene rings is 1. The van der Waals surface area contributed by atoms with Crippen molar-refractivity contribution < 1.29 is 18.7 Å². The minimum atomic E-state index is -0.493. The van der Waals surface area contributed by atoms with E-state index in [-0.39, 0.29) is 18.0 Å². The van der Waals surface area contributed by atoms with Crippen LogP contribution >= 0.6 is 0 Å². The van der Waals surface area contributed by atoms with Crippen LogP contribution in [0.4, 0.5) is 4.39 Å². The maximum atomic E-state index is 12.9. The Kier molecular flexibility index (Phi) is 5.79. The third-order valence-corrected chi connectivity index (χ3v) is 2.12. The lowest BCUT2D eigenvalue weighted by Crippen LogP contribution is -2.38. The van der Waals surface area contributed by atoms with Gasteiger partial charge < -0.3 is 15.4 Å². The van der Waals surface area contributed by atoms with Crippen LogP contribution in [0.25, 0.3) is 0 Å². The highest BCUT2D eigenvalue weighted by molar-refractivity contribution is 5.96. The first-order valence-corrected chi connectivity index (χ1v) is 5.43. The van der Waals surface area contributed by atoms with Gasteiger partial charge in [0.25, 0.3) is 5.91 Å². The molecule has 0 aliphatic rings. The van der Waals surface area contributed by atoms with Crippen LogP contribution in [-0.4, -0.2) is 38.6 Å². The van der Waals surface area contributed by atoms with E-state index in [9.17, 15) is 14.0 Å². The molecule has 0 radical (unpaired) electrons. The lowest BCUT2D eigenvalue weighted by Gasteiger charge is -2.06. The van der Waals surface area contributed by atoms with Crippen molar-refractivity contribution in [2.75, 3.05) is 26.8 Å². The average molecular weight is 254 g/mol.